The Morgan fingerprint density at radius 3 is 2.17 bits per heavy atom. The highest BCUT2D eigenvalue weighted by molar-refractivity contribution is 5.29. The Hall–Kier alpha value is -1.12. The Balaban J connectivity index is 1.65. The Morgan fingerprint density at radius 2 is 1.54 bits per heavy atom. The quantitative estimate of drug-likeness (QED) is 0.406. The molecule has 0 unspecified atom stereocenters. The maximum atomic E-state index is 12.2. The molecular weight excluding hydrogens is 306 g/mol. The van der Waals surface area contributed by atoms with Crippen LogP contribution in [0.3, 0.4) is 0 Å². The molecule has 0 spiro atoms. The highest BCUT2D eigenvalue weighted by atomic mass is 19.3. The maximum Gasteiger partial charge on any atom is 0.387 e. The highest BCUT2D eigenvalue weighted by Crippen LogP contribution is 2.38. The van der Waals surface area contributed by atoms with E-state index in [1.165, 1.54) is 76.2 Å². The first kappa shape index (κ1) is 19.2. The molecule has 1 aliphatic rings. The van der Waals surface area contributed by atoms with E-state index >= 15 is 0 Å². The monoisotopic (exact) mass is 338 g/mol. The lowest BCUT2D eigenvalue weighted by atomic mass is 9.77. The van der Waals surface area contributed by atoms with E-state index in [1.807, 2.05) is 12.1 Å². The molecule has 0 radical (unpaired) electrons. The van der Waals surface area contributed by atoms with Crippen molar-refractivity contribution in [3.63, 3.8) is 0 Å². The predicted molar refractivity (Wildman–Crippen MR) is 95.8 cm³/mol. The normalized spacial score (nSPS) is 21.2. The molecule has 1 nitrogen and oxygen atoms in total. The summed E-state index contributed by atoms with van der Waals surface area (Å²) >= 11 is 0. The van der Waals surface area contributed by atoms with Crippen molar-refractivity contribution in [1.82, 2.24) is 0 Å². The number of alkyl halides is 2. The van der Waals surface area contributed by atoms with Crippen LogP contribution in [0.4, 0.5) is 8.78 Å². The van der Waals surface area contributed by atoms with Gasteiger partial charge in [0.15, 0.2) is 0 Å². The molecule has 0 saturated heterocycles. The molecule has 0 aromatic heterocycles. The van der Waals surface area contributed by atoms with E-state index < -0.39 is 6.61 Å². The van der Waals surface area contributed by atoms with Gasteiger partial charge in [-0.1, -0.05) is 64.0 Å². The van der Waals surface area contributed by atoms with Gasteiger partial charge in [0.05, 0.1) is 0 Å². The smallest absolute Gasteiger partial charge is 0.387 e. The Morgan fingerprint density at radius 1 is 0.917 bits per heavy atom. The summed E-state index contributed by atoms with van der Waals surface area (Å²) in [5.41, 5.74) is 1.27. The van der Waals surface area contributed by atoms with E-state index in [9.17, 15) is 8.78 Å². The minimum atomic E-state index is -2.74. The van der Waals surface area contributed by atoms with Gasteiger partial charge >= 0.3 is 6.61 Å². The Bertz CT molecular complexity index is 436. The third-order valence-electron chi connectivity index (χ3n) is 5.39. The fourth-order valence-corrected chi connectivity index (χ4v) is 3.92. The SMILES string of the molecule is CCCCCCCC[C@H]1CC[C@H](c2ccc(OC(F)F)cc2)CC1. The second-order valence-electron chi connectivity index (χ2n) is 7.22. The van der Waals surface area contributed by atoms with Crippen LogP contribution in [0.5, 0.6) is 5.75 Å². The van der Waals surface area contributed by atoms with Gasteiger partial charge in [-0.05, 0) is 55.2 Å². The van der Waals surface area contributed by atoms with E-state index in [0.717, 1.165) is 5.92 Å². The van der Waals surface area contributed by atoms with Crippen LogP contribution in [0, 0.1) is 5.92 Å². The highest BCUT2D eigenvalue weighted by Gasteiger charge is 2.22. The van der Waals surface area contributed by atoms with Gasteiger partial charge in [-0.3, -0.25) is 0 Å². The largest absolute Gasteiger partial charge is 0.435 e. The van der Waals surface area contributed by atoms with Crippen LogP contribution in [0.2, 0.25) is 0 Å². The van der Waals surface area contributed by atoms with Gasteiger partial charge < -0.3 is 4.74 Å². The summed E-state index contributed by atoms with van der Waals surface area (Å²) in [6, 6.07) is 7.25. The third-order valence-corrected chi connectivity index (χ3v) is 5.39. The molecule has 0 heterocycles. The van der Waals surface area contributed by atoms with Gasteiger partial charge in [0.25, 0.3) is 0 Å². The molecular formula is C21H32F2O. The van der Waals surface area contributed by atoms with Gasteiger partial charge in [-0.25, -0.2) is 0 Å². The van der Waals surface area contributed by atoms with Crippen LogP contribution in [0.1, 0.15) is 89.0 Å². The molecule has 3 heteroatoms. The molecule has 0 amide bonds. The van der Waals surface area contributed by atoms with Crippen molar-refractivity contribution in [3.8, 4) is 5.75 Å². The van der Waals surface area contributed by atoms with Gasteiger partial charge in [0.2, 0.25) is 0 Å². The van der Waals surface area contributed by atoms with Crippen molar-refractivity contribution in [1.29, 1.82) is 0 Å². The van der Waals surface area contributed by atoms with Crippen LogP contribution in [0.15, 0.2) is 24.3 Å². The molecule has 1 fully saturated rings. The fraction of sp³-hybridized carbons (Fsp3) is 0.714. The number of unbranched alkanes of at least 4 members (excludes halogenated alkanes) is 5. The van der Waals surface area contributed by atoms with Gasteiger partial charge in [-0.2, -0.15) is 8.78 Å². The standard InChI is InChI=1S/C21H32F2O/c1-2-3-4-5-6-7-8-17-9-11-18(12-10-17)19-13-15-20(16-14-19)24-21(22)23/h13-18,21H,2-12H2,1H3/t17-,18-. The van der Waals surface area contributed by atoms with Crippen molar-refractivity contribution in [2.75, 3.05) is 0 Å². The number of benzene rings is 1. The second-order valence-corrected chi connectivity index (χ2v) is 7.22. The van der Waals surface area contributed by atoms with Crippen LogP contribution in [0.25, 0.3) is 0 Å². The summed E-state index contributed by atoms with van der Waals surface area (Å²) in [5, 5.41) is 0. The lowest BCUT2D eigenvalue weighted by Gasteiger charge is -2.29. The summed E-state index contributed by atoms with van der Waals surface area (Å²) in [6.45, 7) is -0.481. The summed E-state index contributed by atoms with van der Waals surface area (Å²) in [7, 11) is 0. The topological polar surface area (TPSA) is 9.23 Å². The number of ether oxygens (including phenoxy) is 1. The summed E-state index contributed by atoms with van der Waals surface area (Å²) in [5.74, 6) is 1.74. The zero-order valence-corrected chi connectivity index (χ0v) is 15.0. The lowest BCUT2D eigenvalue weighted by Crippen LogP contribution is -2.13. The summed E-state index contributed by atoms with van der Waals surface area (Å²) < 4.78 is 28.8. The Kier molecular flexibility index (Phi) is 8.55. The van der Waals surface area contributed by atoms with Crippen molar-refractivity contribution in [2.24, 2.45) is 5.92 Å². The molecule has 0 N–H and O–H groups in total. The second kappa shape index (κ2) is 10.7. The first-order chi connectivity index (χ1) is 11.7. The van der Waals surface area contributed by atoms with Crippen molar-refractivity contribution >= 4 is 0 Å². The summed E-state index contributed by atoms with van der Waals surface area (Å²) in [4.78, 5) is 0. The average molecular weight is 338 g/mol. The van der Waals surface area contributed by atoms with Crippen molar-refractivity contribution in [3.05, 3.63) is 29.8 Å². The zero-order valence-electron chi connectivity index (χ0n) is 15.0. The molecule has 1 saturated carbocycles. The molecule has 0 bridgehead atoms. The van der Waals surface area contributed by atoms with Crippen LogP contribution >= 0.6 is 0 Å². The molecule has 24 heavy (non-hydrogen) atoms. The Labute approximate surface area is 145 Å². The molecule has 1 aliphatic carbocycles. The number of hydrogen-bond acceptors (Lipinski definition) is 1. The third kappa shape index (κ3) is 6.78. The van der Waals surface area contributed by atoms with Crippen molar-refractivity contribution in [2.45, 2.75) is 90.1 Å². The molecule has 1 aromatic carbocycles. The first-order valence-corrected chi connectivity index (χ1v) is 9.73. The lowest BCUT2D eigenvalue weighted by molar-refractivity contribution is -0.0498. The first-order valence-electron chi connectivity index (χ1n) is 9.73. The van der Waals surface area contributed by atoms with Crippen molar-refractivity contribution < 1.29 is 13.5 Å². The molecule has 136 valence electrons. The van der Waals surface area contributed by atoms with Crippen LogP contribution in [-0.4, -0.2) is 6.61 Å². The van der Waals surface area contributed by atoms with Crippen LogP contribution in [-0.2, 0) is 0 Å². The van der Waals surface area contributed by atoms with Gasteiger partial charge in [0, 0.05) is 0 Å². The minimum absolute atomic E-state index is 0.255. The van der Waals surface area contributed by atoms with E-state index in [4.69, 9.17) is 0 Å². The maximum absolute atomic E-state index is 12.2. The predicted octanol–water partition coefficient (Wildman–Crippen LogP) is 7.31. The summed E-state index contributed by atoms with van der Waals surface area (Å²) in [6.07, 6.45) is 14.8. The molecule has 2 rings (SSSR count). The zero-order chi connectivity index (χ0) is 17.2. The fourth-order valence-electron chi connectivity index (χ4n) is 3.92. The van der Waals surface area contributed by atoms with Crippen LogP contribution < -0.4 is 4.74 Å². The average Bonchev–Trinajstić information content (AvgIpc) is 2.59. The molecule has 1 aromatic rings. The molecule has 0 aliphatic heterocycles. The van der Waals surface area contributed by atoms with Gasteiger partial charge in [0.1, 0.15) is 5.75 Å². The number of hydrogen-bond donors (Lipinski definition) is 0. The molecule has 0 atom stereocenters. The van der Waals surface area contributed by atoms with E-state index in [0.29, 0.717) is 5.92 Å². The minimum Gasteiger partial charge on any atom is -0.435 e. The van der Waals surface area contributed by atoms with Gasteiger partial charge in [-0.15, -0.1) is 0 Å². The number of rotatable bonds is 10. The van der Waals surface area contributed by atoms with E-state index in [-0.39, 0.29) is 5.75 Å². The van der Waals surface area contributed by atoms with E-state index in [2.05, 4.69) is 11.7 Å². The van der Waals surface area contributed by atoms with E-state index in [1.54, 1.807) is 12.1 Å². The number of halogens is 2.